The van der Waals surface area contributed by atoms with Gasteiger partial charge in [-0.2, -0.15) is 5.26 Å². The SMILES string of the molecule is CCC(C#N)C(O)c1c(F)cccc1Cl. The fourth-order valence-corrected chi connectivity index (χ4v) is 1.65. The molecule has 0 aromatic heterocycles. The van der Waals surface area contributed by atoms with Crippen LogP contribution < -0.4 is 0 Å². The van der Waals surface area contributed by atoms with Crippen molar-refractivity contribution in [1.82, 2.24) is 0 Å². The van der Waals surface area contributed by atoms with Gasteiger partial charge in [0.15, 0.2) is 0 Å². The summed E-state index contributed by atoms with van der Waals surface area (Å²) in [4.78, 5) is 0. The molecule has 0 spiro atoms. The topological polar surface area (TPSA) is 44.0 Å². The van der Waals surface area contributed by atoms with Gasteiger partial charge in [0.1, 0.15) is 5.82 Å². The number of hydrogen-bond acceptors (Lipinski definition) is 2. The van der Waals surface area contributed by atoms with E-state index < -0.39 is 17.8 Å². The Balaban J connectivity index is 3.11. The van der Waals surface area contributed by atoms with Gasteiger partial charge in [0.2, 0.25) is 0 Å². The summed E-state index contributed by atoms with van der Waals surface area (Å²) >= 11 is 5.77. The minimum Gasteiger partial charge on any atom is -0.387 e. The van der Waals surface area contributed by atoms with Gasteiger partial charge in [-0.1, -0.05) is 24.6 Å². The van der Waals surface area contributed by atoms with Crippen molar-refractivity contribution in [2.24, 2.45) is 5.92 Å². The normalized spacial score (nSPS) is 14.3. The summed E-state index contributed by atoms with van der Waals surface area (Å²) < 4.78 is 13.4. The molecule has 1 aromatic rings. The van der Waals surface area contributed by atoms with E-state index in [2.05, 4.69) is 0 Å². The molecule has 0 aliphatic heterocycles. The molecule has 15 heavy (non-hydrogen) atoms. The minimum atomic E-state index is -1.17. The maximum Gasteiger partial charge on any atom is 0.130 e. The highest BCUT2D eigenvalue weighted by Gasteiger charge is 2.24. The molecule has 1 rings (SSSR count). The number of nitriles is 1. The number of hydrogen-bond donors (Lipinski definition) is 1. The van der Waals surface area contributed by atoms with E-state index in [1.807, 2.05) is 6.07 Å². The first-order valence-corrected chi connectivity index (χ1v) is 5.01. The van der Waals surface area contributed by atoms with Gasteiger partial charge >= 0.3 is 0 Å². The van der Waals surface area contributed by atoms with Crippen molar-refractivity contribution in [2.45, 2.75) is 19.4 Å². The second-order valence-corrected chi connectivity index (χ2v) is 3.63. The van der Waals surface area contributed by atoms with Crippen LogP contribution in [0, 0.1) is 23.1 Å². The molecular formula is C11H11ClFNO. The van der Waals surface area contributed by atoms with E-state index >= 15 is 0 Å². The third-order valence-corrected chi connectivity index (χ3v) is 2.61. The lowest BCUT2D eigenvalue weighted by atomic mass is 9.94. The number of aliphatic hydroxyl groups is 1. The summed E-state index contributed by atoms with van der Waals surface area (Å²) in [6.45, 7) is 1.76. The Morgan fingerprint density at radius 3 is 2.73 bits per heavy atom. The van der Waals surface area contributed by atoms with E-state index in [0.29, 0.717) is 6.42 Å². The molecule has 80 valence electrons. The number of rotatable bonds is 3. The summed E-state index contributed by atoms with van der Waals surface area (Å²) in [6.07, 6.45) is -0.726. The highest BCUT2D eigenvalue weighted by atomic mass is 35.5. The van der Waals surface area contributed by atoms with Crippen molar-refractivity contribution < 1.29 is 9.50 Å². The monoisotopic (exact) mass is 227 g/mol. The average Bonchev–Trinajstić information content (AvgIpc) is 2.19. The van der Waals surface area contributed by atoms with Crippen LogP contribution in [0.15, 0.2) is 18.2 Å². The summed E-state index contributed by atoms with van der Waals surface area (Å²) in [6, 6.07) is 6.10. The van der Waals surface area contributed by atoms with Crippen molar-refractivity contribution in [3.05, 3.63) is 34.6 Å². The van der Waals surface area contributed by atoms with Gasteiger partial charge in [-0.25, -0.2) is 4.39 Å². The molecule has 0 aliphatic carbocycles. The standard InChI is InChI=1S/C11H11ClFNO/c1-2-7(6-14)11(15)10-8(12)4-3-5-9(10)13/h3-5,7,11,15H,2H2,1H3. The van der Waals surface area contributed by atoms with Gasteiger partial charge in [-0.3, -0.25) is 0 Å². The maximum atomic E-state index is 13.4. The van der Waals surface area contributed by atoms with Crippen LogP contribution in [0.2, 0.25) is 5.02 Å². The van der Waals surface area contributed by atoms with Gasteiger partial charge in [0, 0.05) is 10.6 Å². The Bertz CT molecular complexity index is 368. The highest BCUT2D eigenvalue weighted by Crippen LogP contribution is 2.31. The maximum absolute atomic E-state index is 13.4. The second-order valence-electron chi connectivity index (χ2n) is 3.22. The molecule has 0 amide bonds. The summed E-state index contributed by atoms with van der Waals surface area (Å²) in [5.41, 5.74) is 0.00701. The zero-order valence-corrected chi connectivity index (χ0v) is 9.00. The second kappa shape index (κ2) is 5.11. The molecule has 1 aromatic carbocycles. The number of nitrogens with zero attached hydrogens (tertiary/aromatic N) is 1. The molecular weight excluding hydrogens is 217 g/mol. The summed E-state index contributed by atoms with van der Waals surface area (Å²) in [5, 5.41) is 18.7. The van der Waals surface area contributed by atoms with Gasteiger partial charge in [-0.05, 0) is 18.6 Å². The third-order valence-electron chi connectivity index (χ3n) is 2.28. The van der Waals surface area contributed by atoms with Crippen LogP contribution in [0.1, 0.15) is 25.0 Å². The quantitative estimate of drug-likeness (QED) is 0.863. The molecule has 2 atom stereocenters. The zero-order valence-electron chi connectivity index (χ0n) is 8.24. The zero-order chi connectivity index (χ0) is 11.4. The van der Waals surface area contributed by atoms with E-state index in [-0.39, 0.29) is 10.6 Å². The number of halogens is 2. The fourth-order valence-electron chi connectivity index (χ4n) is 1.38. The van der Waals surface area contributed by atoms with Gasteiger partial charge in [0.05, 0.1) is 18.1 Å². The first-order chi connectivity index (χ1) is 7.11. The van der Waals surface area contributed by atoms with Crippen molar-refractivity contribution in [2.75, 3.05) is 0 Å². The number of benzene rings is 1. The van der Waals surface area contributed by atoms with Crippen molar-refractivity contribution in [1.29, 1.82) is 5.26 Å². The minimum absolute atomic E-state index is 0.00701. The van der Waals surface area contributed by atoms with Crippen molar-refractivity contribution in [3.8, 4) is 6.07 Å². The van der Waals surface area contributed by atoms with Crippen LogP contribution in [-0.2, 0) is 0 Å². The van der Waals surface area contributed by atoms with Crippen molar-refractivity contribution in [3.63, 3.8) is 0 Å². The predicted molar refractivity (Wildman–Crippen MR) is 55.8 cm³/mol. The first-order valence-electron chi connectivity index (χ1n) is 4.63. The molecule has 0 radical (unpaired) electrons. The summed E-state index contributed by atoms with van der Waals surface area (Å²) in [7, 11) is 0. The highest BCUT2D eigenvalue weighted by molar-refractivity contribution is 6.31. The molecule has 0 aliphatic rings. The lowest BCUT2D eigenvalue weighted by Crippen LogP contribution is -2.12. The van der Waals surface area contributed by atoms with Gasteiger partial charge in [-0.15, -0.1) is 0 Å². The Labute approximate surface area is 92.9 Å². The Hall–Kier alpha value is -1.11. The van der Waals surface area contributed by atoms with E-state index in [1.54, 1.807) is 6.92 Å². The molecule has 0 bridgehead atoms. The first kappa shape index (κ1) is 12.0. The molecule has 0 heterocycles. The van der Waals surface area contributed by atoms with E-state index in [4.69, 9.17) is 16.9 Å². The van der Waals surface area contributed by atoms with Crippen molar-refractivity contribution >= 4 is 11.6 Å². The predicted octanol–water partition coefficient (Wildman–Crippen LogP) is 3.06. The average molecular weight is 228 g/mol. The lowest BCUT2D eigenvalue weighted by molar-refractivity contribution is 0.129. The molecule has 0 saturated carbocycles. The summed E-state index contributed by atoms with van der Waals surface area (Å²) in [5.74, 6) is -1.22. The number of aliphatic hydroxyl groups excluding tert-OH is 1. The van der Waals surface area contributed by atoms with Crippen LogP contribution in [0.3, 0.4) is 0 Å². The molecule has 2 unspecified atom stereocenters. The molecule has 0 saturated heterocycles. The van der Waals surface area contributed by atoms with Gasteiger partial charge < -0.3 is 5.11 Å². The Kier molecular flexibility index (Phi) is 4.07. The molecule has 0 fully saturated rings. The van der Waals surface area contributed by atoms with E-state index in [0.717, 1.165) is 0 Å². The van der Waals surface area contributed by atoms with Gasteiger partial charge in [0.25, 0.3) is 0 Å². The molecule has 2 nitrogen and oxygen atoms in total. The smallest absolute Gasteiger partial charge is 0.130 e. The molecule has 1 N–H and O–H groups in total. The van der Waals surface area contributed by atoms with Crippen LogP contribution in [-0.4, -0.2) is 5.11 Å². The third kappa shape index (κ3) is 2.47. The van der Waals surface area contributed by atoms with E-state index in [9.17, 15) is 9.50 Å². The van der Waals surface area contributed by atoms with E-state index in [1.165, 1.54) is 18.2 Å². The fraction of sp³-hybridized carbons (Fsp3) is 0.364. The van der Waals surface area contributed by atoms with Crippen LogP contribution in [0.25, 0.3) is 0 Å². The Morgan fingerprint density at radius 2 is 2.27 bits per heavy atom. The largest absolute Gasteiger partial charge is 0.387 e. The Morgan fingerprint density at radius 1 is 1.60 bits per heavy atom. The van der Waals surface area contributed by atoms with Crippen LogP contribution in [0.5, 0.6) is 0 Å². The molecule has 4 heteroatoms. The van der Waals surface area contributed by atoms with Crippen LogP contribution in [0.4, 0.5) is 4.39 Å². The van der Waals surface area contributed by atoms with Crippen LogP contribution >= 0.6 is 11.6 Å². The lowest BCUT2D eigenvalue weighted by Gasteiger charge is -2.17.